The quantitative estimate of drug-likeness (QED) is 0.748. The van der Waals surface area contributed by atoms with Crippen LogP contribution in [-0.4, -0.2) is 42.9 Å². The van der Waals surface area contributed by atoms with Crippen LogP contribution >= 0.6 is 0 Å². The third kappa shape index (κ3) is 2.56. The Morgan fingerprint density at radius 3 is 1.68 bits per heavy atom. The van der Waals surface area contributed by atoms with E-state index in [0.717, 1.165) is 0 Å². The van der Waals surface area contributed by atoms with Crippen LogP contribution in [0.1, 0.15) is 26.2 Å². The maximum absolute atomic E-state index is 13.4. The Balaban J connectivity index is 3.17. The first-order chi connectivity index (χ1) is 8.36. The van der Waals surface area contributed by atoms with Gasteiger partial charge in [-0.25, -0.2) is 8.42 Å². The molecule has 0 amide bonds. The van der Waals surface area contributed by atoms with Crippen molar-refractivity contribution in [3.63, 3.8) is 0 Å². The van der Waals surface area contributed by atoms with Crippen molar-refractivity contribution in [1.29, 1.82) is 0 Å². The fraction of sp³-hybridized carbons (Fsp3) is 1.00. The lowest BCUT2D eigenvalue weighted by molar-refractivity contribution is -0.272. The summed E-state index contributed by atoms with van der Waals surface area (Å²) in [7, 11) is -5.83. The van der Waals surface area contributed by atoms with Crippen molar-refractivity contribution in [2.75, 3.05) is 13.1 Å². The molecular formula is C9H13F6NO2S. The highest BCUT2D eigenvalue weighted by molar-refractivity contribution is 7.90. The topological polar surface area (TPSA) is 37.4 Å². The van der Waals surface area contributed by atoms with E-state index < -0.39 is 34.0 Å². The molecule has 1 fully saturated rings. The summed E-state index contributed by atoms with van der Waals surface area (Å²) in [6.07, 6.45) is 1.02. The average Bonchev–Trinajstić information content (AvgIpc) is 2.28. The average molecular weight is 313 g/mol. The Hall–Kier alpha value is -0.510. The molecule has 0 radical (unpaired) electrons. The standard InChI is InChI=1S/C9H13F6NO2S/c1-7(10,11)8(12,13)9(14,15)19(17,18)16-5-3-2-4-6-16/h2-6H2,1H3. The van der Waals surface area contributed by atoms with Crippen LogP contribution < -0.4 is 0 Å². The van der Waals surface area contributed by atoms with E-state index in [4.69, 9.17) is 0 Å². The minimum Gasteiger partial charge on any atom is -0.206 e. The lowest BCUT2D eigenvalue weighted by Gasteiger charge is -2.35. The van der Waals surface area contributed by atoms with Gasteiger partial charge in [-0.3, -0.25) is 0 Å². The van der Waals surface area contributed by atoms with Gasteiger partial charge in [0.2, 0.25) is 0 Å². The molecule has 0 unspecified atom stereocenters. The van der Waals surface area contributed by atoms with Crippen molar-refractivity contribution in [2.45, 2.75) is 43.3 Å². The van der Waals surface area contributed by atoms with Gasteiger partial charge in [0.1, 0.15) is 0 Å². The van der Waals surface area contributed by atoms with Gasteiger partial charge < -0.3 is 0 Å². The minimum absolute atomic E-state index is 0.149. The first-order valence-corrected chi connectivity index (χ1v) is 6.93. The molecule has 1 rings (SSSR count). The molecule has 0 aromatic carbocycles. The number of piperidine rings is 1. The summed E-state index contributed by atoms with van der Waals surface area (Å²) in [5, 5.41) is -5.85. The molecule has 0 saturated carbocycles. The van der Waals surface area contributed by atoms with Crippen LogP contribution in [0.25, 0.3) is 0 Å². The molecule has 0 bridgehead atoms. The van der Waals surface area contributed by atoms with Crippen molar-refractivity contribution < 1.29 is 34.8 Å². The first kappa shape index (κ1) is 16.5. The van der Waals surface area contributed by atoms with Crippen molar-refractivity contribution in [1.82, 2.24) is 4.31 Å². The molecule has 3 nitrogen and oxygen atoms in total. The highest BCUT2D eigenvalue weighted by Crippen LogP contribution is 2.49. The number of rotatable bonds is 4. The van der Waals surface area contributed by atoms with Gasteiger partial charge in [0, 0.05) is 20.0 Å². The molecule has 10 heteroatoms. The van der Waals surface area contributed by atoms with Gasteiger partial charge in [0.05, 0.1) is 0 Å². The second-order valence-electron chi connectivity index (χ2n) is 4.44. The zero-order valence-electron chi connectivity index (χ0n) is 9.98. The van der Waals surface area contributed by atoms with Gasteiger partial charge in [-0.15, -0.1) is 0 Å². The highest BCUT2D eigenvalue weighted by Gasteiger charge is 2.76. The molecule has 1 saturated heterocycles. The fourth-order valence-corrected chi connectivity index (χ4v) is 3.25. The van der Waals surface area contributed by atoms with Gasteiger partial charge >= 0.3 is 17.1 Å². The SMILES string of the molecule is CC(F)(F)C(F)(F)C(F)(F)S(=O)(=O)N1CCCCC1. The van der Waals surface area contributed by atoms with E-state index in [-0.39, 0.29) is 30.2 Å². The largest absolute Gasteiger partial charge is 0.427 e. The van der Waals surface area contributed by atoms with Crippen molar-refractivity contribution in [3.05, 3.63) is 0 Å². The molecule has 0 atom stereocenters. The maximum atomic E-state index is 13.4. The maximum Gasteiger partial charge on any atom is 0.427 e. The first-order valence-electron chi connectivity index (χ1n) is 5.49. The van der Waals surface area contributed by atoms with Crippen LogP contribution in [0.3, 0.4) is 0 Å². The number of alkyl halides is 6. The third-order valence-electron chi connectivity index (χ3n) is 2.90. The molecule has 0 aliphatic carbocycles. The second-order valence-corrected chi connectivity index (χ2v) is 6.42. The van der Waals surface area contributed by atoms with Crippen molar-refractivity contribution in [3.8, 4) is 0 Å². The lowest BCUT2D eigenvalue weighted by atomic mass is 10.2. The highest BCUT2D eigenvalue weighted by atomic mass is 32.2. The molecular weight excluding hydrogens is 300 g/mol. The van der Waals surface area contributed by atoms with Crippen LogP contribution in [0.4, 0.5) is 26.3 Å². The van der Waals surface area contributed by atoms with E-state index in [2.05, 4.69) is 0 Å². The Labute approximate surface area is 106 Å². The normalized spacial score (nSPS) is 20.6. The smallest absolute Gasteiger partial charge is 0.206 e. The van der Waals surface area contributed by atoms with Crippen LogP contribution in [-0.2, 0) is 10.0 Å². The molecule has 0 aromatic heterocycles. The van der Waals surface area contributed by atoms with Crippen LogP contribution in [0.5, 0.6) is 0 Å². The summed E-state index contributed by atoms with van der Waals surface area (Å²) in [5.74, 6) is -11.1. The number of sulfonamides is 1. The zero-order valence-corrected chi connectivity index (χ0v) is 10.8. The lowest BCUT2D eigenvalue weighted by Crippen LogP contribution is -2.60. The molecule has 1 heterocycles. The van der Waals surface area contributed by atoms with Gasteiger partial charge in [-0.1, -0.05) is 6.42 Å². The summed E-state index contributed by atoms with van der Waals surface area (Å²) in [6.45, 7) is -1.18. The fourth-order valence-electron chi connectivity index (χ4n) is 1.68. The summed E-state index contributed by atoms with van der Waals surface area (Å²) in [4.78, 5) is 0. The predicted octanol–water partition coefficient (Wildman–Crippen LogP) is 2.69. The Kier molecular flexibility index (Phi) is 4.18. The van der Waals surface area contributed by atoms with E-state index in [1.54, 1.807) is 0 Å². The van der Waals surface area contributed by atoms with Gasteiger partial charge in [-0.05, 0) is 12.8 Å². The summed E-state index contributed by atoms with van der Waals surface area (Å²) >= 11 is 0. The molecule has 0 aromatic rings. The van der Waals surface area contributed by atoms with E-state index in [0.29, 0.717) is 6.42 Å². The molecule has 1 aliphatic rings. The van der Waals surface area contributed by atoms with Crippen molar-refractivity contribution in [2.24, 2.45) is 0 Å². The number of nitrogens with zero attached hydrogens (tertiary/aromatic N) is 1. The zero-order chi connectivity index (χ0) is 15.1. The van der Waals surface area contributed by atoms with Gasteiger partial charge in [0.25, 0.3) is 10.0 Å². The Morgan fingerprint density at radius 2 is 1.32 bits per heavy atom. The number of hydrogen-bond acceptors (Lipinski definition) is 2. The molecule has 19 heavy (non-hydrogen) atoms. The molecule has 0 spiro atoms. The summed E-state index contributed by atoms with van der Waals surface area (Å²) in [5.41, 5.74) is 0. The van der Waals surface area contributed by atoms with E-state index in [9.17, 15) is 34.8 Å². The van der Waals surface area contributed by atoms with E-state index in [1.807, 2.05) is 0 Å². The summed E-state index contributed by atoms with van der Waals surface area (Å²) in [6, 6.07) is 0. The van der Waals surface area contributed by atoms with Crippen LogP contribution in [0.2, 0.25) is 0 Å². The van der Waals surface area contributed by atoms with Crippen LogP contribution in [0.15, 0.2) is 0 Å². The predicted molar refractivity (Wildman–Crippen MR) is 54.9 cm³/mol. The number of halogens is 6. The minimum atomic E-state index is -5.98. The summed E-state index contributed by atoms with van der Waals surface area (Å²) < 4.78 is 101. The molecule has 114 valence electrons. The van der Waals surface area contributed by atoms with Crippen molar-refractivity contribution >= 4 is 10.0 Å². The molecule has 0 N–H and O–H groups in total. The van der Waals surface area contributed by atoms with E-state index in [1.165, 1.54) is 0 Å². The Bertz CT molecular complexity index is 424. The second kappa shape index (κ2) is 4.80. The Morgan fingerprint density at radius 1 is 0.895 bits per heavy atom. The van der Waals surface area contributed by atoms with Crippen LogP contribution in [0, 0.1) is 0 Å². The number of hydrogen-bond donors (Lipinski definition) is 0. The third-order valence-corrected chi connectivity index (χ3v) is 4.85. The van der Waals surface area contributed by atoms with E-state index >= 15 is 0 Å². The van der Waals surface area contributed by atoms with Gasteiger partial charge in [-0.2, -0.15) is 30.6 Å². The monoisotopic (exact) mass is 313 g/mol. The molecule has 1 aliphatic heterocycles. The van der Waals surface area contributed by atoms with Gasteiger partial charge in [0.15, 0.2) is 0 Å².